The van der Waals surface area contributed by atoms with Crippen LogP contribution in [-0.4, -0.2) is 30.7 Å². The van der Waals surface area contributed by atoms with Crippen LogP contribution in [0.15, 0.2) is 40.3 Å². The van der Waals surface area contributed by atoms with E-state index in [9.17, 15) is 14.4 Å². The molecule has 0 unspecified atom stereocenters. The van der Waals surface area contributed by atoms with Crippen molar-refractivity contribution >= 4 is 28.9 Å². The number of rotatable bonds is 8. The normalized spacial score (nSPS) is 10.2. The molecule has 0 aliphatic rings. The Morgan fingerprint density at radius 3 is 2.55 bits per heavy atom. The quantitative estimate of drug-likeness (QED) is 0.574. The van der Waals surface area contributed by atoms with Crippen LogP contribution >= 0.6 is 11.3 Å². The Balaban J connectivity index is 1.58. The Morgan fingerprint density at radius 1 is 1.05 bits per heavy atom. The highest BCUT2D eigenvalue weighted by Crippen LogP contribution is 2.12. The summed E-state index contributed by atoms with van der Waals surface area (Å²) in [5.41, 5.74) is 0. The zero-order valence-corrected chi connectivity index (χ0v) is 12.7. The number of amides is 2. The van der Waals surface area contributed by atoms with Crippen LogP contribution in [0.3, 0.4) is 0 Å². The second-order valence-electron chi connectivity index (χ2n) is 4.48. The van der Waals surface area contributed by atoms with Crippen LogP contribution in [0.5, 0.6) is 0 Å². The third-order valence-corrected chi connectivity index (χ3v) is 3.76. The lowest BCUT2D eigenvalue weighted by Crippen LogP contribution is -2.34. The first-order valence-corrected chi connectivity index (χ1v) is 7.70. The molecule has 0 aromatic carbocycles. The number of hydrogen-bond acceptors (Lipinski definition) is 5. The largest absolute Gasteiger partial charge is 0.459 e. The van der Waals surface area contributed by atoms with Gasteiger partial charge in [0.15, 0.2) is 11.5 Å². The van der Waals surface area contributed by atoms with E-state index in [1.165, 1.54) is 17.6 Å². The minimum Gasteiger partial charge on any atom is -0.459 e. The lowest BCUT2D eigenvalue weighted by atomic mass is 10.2. The highest BCUT2D eigenvalue weighted by atomic mass is 32.1. The van der Waals surface area contributed by atoms with Crippen LogP contribution in [-0.2, 0) is 4.79 Å². The number of furan rings is 1. The third kappa shape index (κ3) is 4.85. The van der Waals surface area contributed by atoms with Crippen molar-refractivity contribution in [1.82, 2.24) is 10.6 Å². The molecule has 2 amide bonds. The minimum atomic E-state index is -0.327. The standard InChI is InChI=1S/C15H16N2O4S/c18-11(13-4-2-10-22-13)5-6-14(19)16-7-8-17-15(20)12-3-1-9-21-12/h1-4,9-10H,5-8H2,(H,16,19)(H,17,20). The second kappa shape index (κ2) is 8.14. The molecular formula is C15H16N2O4S. The van der Waals surface area contributed by atoms with E-state index in [0.717, 1.165) is 0 Å². The minimum absolute atomic E-state index is 0.0312. The molecule has 2 N–H and O–H groups in total. The highest BCUT2D eigenvalue weighted by molar-refractivity contribution is 7.12. The summed E-state index contributed by atoms with van der Waals surface area (Å²) >= 11 is 1.37. The fraction of sp³-hybridized carbons (Fsp3) is 0.267. The van der Waals surface area contributed by atoms with E-state index in [1.807, 2.05) is 5.38 Å². The predicted octanol–water partition coefficient (Wildman–Crippen LogP) is 1.85. The molecule has 7 heteroatoms. The Bertz CT molecular complexity index is 620. The number of thiophene rings is 1. The number of ketones is 1. The monoisotopic (exact) mass is 320 g/mol. The third-order valence-electron chi connectivity index (χ3n) is 2.85. The zero-order chi connectivity index (χ0) is 15.8. The van der Waals surface area contributed by atoms with Gasteiger partial charge in [0.2, 0.25) is 5.91 Å². The second-order valence-corrected chi connectivity index (χ2v) is 5.43. The van der Waals surface area contributed by atoms with Crippen LogP contribution in [0.2, 0.25) is 0 Å². The number of carbonyl (C=O) groups is 3. The molecule has 22 heavy (non-hydrogen) atoms. The summed E-state index contributed by atoms with van der Waals surface area (Å²) in [6.07, 6.45) is 1.75. The Hall–Kier alpha value is -2.41. The summed E-state index contributed by atoms with van der Waals surface area (Å²) in [4.78, 5) is 35.5. The topological polar surface area (TPSA) is 88.4 Å². The van der Waals surface area contributed by atoms with Gasteiger partial charge in [-0.05, 0) is 23.6 Å². The van der Waals surface area contributed by atoms with E-state index in [2.05, 4.69) is 10.6 Å². The summed E-state index contributed by atoms with van der Waals surface area (Å²) in [7, 11) is 0. The fourth-order valence-corrected chi connectivity index (χ4v) is 2.44. The molecule has 2 heterocycles. The van der Waals surface area contributed by atoms with Gasteiger partial charge in [-0.2, -0.15) is 0 Å². The molecule has 0 saturated heterocycles. The van der Waals surface area contributed by atoms with Crippen molar-refractivity contribution in [2.24, 2.45) is 0 Å². The molecule has 2 aromatic heterocycles. The smallest absolute Gasteiger partial charge is 0.287 e. The summed E-state index contributed by atoms with van der Waals surface area (Å²) in [5, 5.41) is 7.09. The molecule has 0 aliphatic carbocycles. The predicted molar refractivity (Wildman–Crippen MR) is 81.9 cm³/mol. The van der Waals surface area contributed by atoms with Gasteiger partial charge in [-0.15, -0.1) is 11.3 Å². The first-order chi connectivity index (χ1) is 10.7. The summed E-state index contributed by atoms with van der Waals surface area (Å²) in [6.45, 7) is 0.600. The number of carbonyl (C=O) groups excluding carboxylic acids is 3. The summed E-state index contributed by atoms with van der Waals surface area (Å²) in [5.74, 6) is -0.339. The van der Waals surface area contributed by atoms with Gasteiger partial charge in [0.1, 0.15) is 0 Å². The summed E-state index contributed by atoms with van der Waals surface area (Å²) < 4.78 is 4.94. The van der Waals surface area contributed by atoms with Gasteiger partial charge >= 0.3 is 0 Å². The van der Waals surface area contributed by atoms with E-state index < -0.39 is 0 Å². The van der Waals surface area contributed by atoms with Crippen molar-refractivity contribution in [3.05, 3.63) is 46.5 Å². The molecule has 0 saturated carbocycles. The molecular weight excluding hydrogens is 304 g/mol. The van der Waals surface area contributed by atoms with Crippen LogP contribution < -0.4 is 10.6 Å². The lowest BCUT2D eigenvalue weighted by Gasteiger charge is -2.05. The van der Waals surface area contributed by atoms with Gasteiger partial charge < -0.3 is 15.1 Å². The molecule has 116 valence electrons. The maximum absolute atomic E-state index is 11.7. The van der Waals surface area contributed by atoms with Gasteiger partial charge in [-0.25, -0.2) is 0 Å². The van der Waals surface area contributed by atoms with Crippen molar-refractivity contribution in [3.8, 4) is 0 Å². The Kier molecular flexibility index (Phi) is 5.91. The van der Waals surface area contributed by atoms with E-state index >= 15 is 0 Å². The van der Waals surface area contributed by atoms with Crippen LogP contribution in [0.25, 0.3) is 0 Å². The molecule has 0 bridgehead atoms. The molecule has 0 radical (unpaired) electrons. The fourth-order valence-electron chi connectivity index (χ4n) is 1.75. The first-order valence-electron chi connectivity index (χ1n) is 6.82. The van der Waals surface area contributed by atoms with Crippen molar-refractivity contribution in [2.45, 2.75) is 12.8 Å². The number of Topliss-reactive ketones (excluding diaryl/α,β-unsaturated/α-hetero) is 1. The molecule has 0 spiro atoms. The molecule has 0 aliphatic heterocycles. The van der Waals surface area contributed by atoms with Crippen LogP contribution in [0, 0.1) is 0 Å². The van der Waals surface area contributed by atoms with Crippen molar-refractivity contribution in [1.29, 1.82) is 0 Å². The highest BCUT2D eigenvalue weighted by Gasteiger charge is 2.10. The van der Waals surface area contributed by atoms with Crippen molar-refractivity contribution in [3.63, 3.8) is 0 Å². The van der Waals surface area contributed by atoms with Crippen LogP contribution in [0.1, 0.15) is 33.1 Å². The van der Waals surface area contributed by atoms with Crippen molar-refractivity contribution < 1.29 is 18.8 Å². The van der Waals surface area contributed by atoms with Gasteiger partial charge in [0.05, 0.1) is 11.1 Å². The zero-order valence-electron chi connectivity index (χ0n) is 11.8. The number of hydrogen-bond donors (Lipinski definition) is 2. The van der Waals surface area contributed by atoms with E-state index in [0.29, 0.717) is 18.0 Å². The van der Waals surface area contributed by atoms with Gasteiger partial charge in [-0.3, -0.25) is 14.4 Å². The molecule has 0 fully saturated rings. The molecule has 2 aromatic rings. The number of nitrogens with one attached hydrogen (secondary N) is 2. The molecule has 2 rings (SSSR count). The molecule has 0 atom stereocenters. The van der Waals surface area contributed by atoms with Crippen LogP contribution in [0.4, 0.5) is 0 Å². The SMILES string of the molecule is O=C(CCC(=O)c1cccs1)NCCNC(=O)c1ccco1. The van der Waals surface area contributed by atoms with Gasteiger partial charge in [-0.1, -0.05) is 6.07 Å². The summed E-state index contributed by atoms with van der Waals surface area (Å²) in [6, 6.07) is 6.74. The van der Waals surface area contributed by atoms with E-state index in [1.54, 1.807) is 24.3 Å². The Labute approximate surface area is 131 Å². The van der Waals surface area contributed by atoms with Gasteiger partial charge in [0.25, 0.3) is 5.91 Å². The van der Waals surface area contributed by atoms with Gasteiger partial charge in [0, 0.05) is 25.9 Å². The lowest BCUT2D eigenvalue weighted by molar-refractivity contribution is -0.121. The van der Waals surface area contributed by atoms with E-state index in [-0.39, 0.29) is 36.2 Å². The average Bonchev–Trinajstić information content (AvgIpc) is 3.21. The molecule has 6 nitrogen and oxygen atoms in total. The van der Waals surface area contributed by atoms with E-state index in [4.69, 9.17) is 4.42 Å². The Morgan fingerprint density at radius 2 is 1.86 bits per heavy atom. The maximum atomic E-state index is 11.7. The average molecular weight is 320 g/mol. The van der Waals surface area contributed by atoms with Crippen molar-refractivity contribution in [2.75, 3.05) is 13.1 Å². The first kappa shape index (κ1) is 16.0. The maximum Gasteiger partial charge on any atom is 0.287 e.